The van der Waals surface area contributed by atoms with Crippen molar-refractivity contribution >= 4 is 17.6 Å². The summed E-state index contributed by atoms with van der Waals surface area (Å²) >= 11 is 1.75. The number of anilines is 1. The second-order valence-electron chi connectivity index (χ2n) is 5.73. The van der Waals surface area contributed by atoms with Gasteiger partial charge in [-0.15, -0.1) is 0 Å². The minimum absolute atomic E-state index is 0.394. The summed E-state index contributed by atoms with van der Waals surface area (Å²) in [5.41, 5.74) is 4.22. The molecule has 1 aliphatic rings. The Morgan fingerprint density at radius 1 is 1.14 bits per heavy atom. The molecule has 4 heteroatoms. The predicted octanol–water partition coefficient (Wildman–Crippen LogP) is 4.28. The first-order valence-corrected chi connectivity index (χ1v) is 8.33. The van der Waals surface area contributed by atoms with E-state index in [-0.39, 0.29) is 0 Å². The molecule has 0 radical (unpaired) electrons. The van der Waals surface area contributed by atoms with Crippen molar-refractivity contribution in [3.8, 4) is 0 Å². The van der Waals surface area contributed by atoms with Crippen molar-refractivity contribution in [1.82, 2.24) is 9.97 Å². The quantitative estimate of drug-likeness (QED) is 0.855. The lowest BCUT2D eigenvalue weighted by Crippen LogP contribution is -2.04. The maximum absolute atomic E-state index is 4.51. The molecule has 3 rings (SSSR count). The minimum atomic E-state index is 0.394. The summed E-state index contributed by atoms with van der Waals surface area (Å²) in [6.07, 6.45) is 5.38. The van der Waals surface area contributed by atoms with Crippen molar-refractivity contribution in [3.05, 3.63) is 41.2 Å². The summed E-state index contributed by atoms with van der Waals surface area (Å²) in [7, 11) is 1.91. The number of nitrogens with one attached hydrogen (secondary N) is 1. The molecule has 0 amide bonds. The van der Waals surface area contributed by atoms with Crippen LogP contribution in [0.25, 0.3) is 0 Å². The molecular formula is C17H21N3S. The Kier molecular flexibility index (Phi) is 4.15. The number of rotatable bonds is 4. The van der Waals surface area contributed by atoms with Gasteiger partial charge in [-0.3, -0.25) is 0 Å². The fraction of sp³-hybridized carbons (Fsp3) is 0.412. The smallest absolute Gasteiger partial charge is 0.133 e. The highest BCUT2D eigenvalue weighted by atomic mass is 32.2. The Balaban J connectivity index is 1.94. The van der Waals surface area contributed by atoms with Crippen LogP contribution in [0.4, 0.5) is 5.82 Å². The van der Waals surface area contributed by atoms with Crippen LogP contribution >= 0.6 is 11.8 Å². The van der Waals surface area contributed by atoms with Gasteiger partial charge in [-0.25, -0.2) is 9.97 Å². The third-order valence-corrected chi connectivity index (χ3v) is 4.95. The van der Waals surface area contributed by atoms with Gasteiger partial charge in [-0.1, -0.05) is 31.7 Å². The van der Waals surface area contributed by atoms with Gasteiger partial charge in [0.05, 0.1) is 0 Å². The van der Waals surface area contributed by atoms with Crippen molar-refractivity contribution in [3.63, 3.8) is 0 Å². The molecule has 3 nitrogen and oxygen atoms in total. The summed E-state index contributed by atoms with van der Waals surface area (Å²) in [6, 6.07) is 6.83. The fourth-order valence-electron chi connectivity index (χ4n) is 2.90. The molecule has 1 aliphatic carbocycles. The molecular weight excluding hydrogens is 278 g/mol. The number of aromatic nitrogens is 2. The van der Waals surface area contributed by atoms with Crippen LogP contribution in [-0.2, 0) is 12.8 Å². The second-order valence-corrected chi connectivity index (χ2v) is 6.79. The van der Waals surface area contributed by atoms with E-state index in [0.717, 1.165) is 10.8 Å². The maximum Gasteiger partial charge on any atom is 0.133 e. The summed E-state index contributed by atoms with van der Waals surface area (Å²) in [5, 5.41) is 4.24. The van der Waals surface area contributed by atoms with Gasteiger partial charge in [0.25, 0.3) is 0 Å². The van der Waals surface area contributed by atoms with Gasteiger partial charge in [0.1, 0.15) is 17.2 Å². The number of hydrogen-bond donors (Lipinski definition) is 1. The Hall–Kier alpha value is -1.55. The van der Waals surface area contributed by atoms with Gasteiger partial charge >= 0.3 is 0 Å². The van der Waals surface area contributed by atoms with Crippen molar-refractivity contribution in [1.29, 1.82) is 0 Å². The van der Waals surface area contributed by atoms with Crippen molar-refractivity contribution in [2.24, 2.45) is 0 Å². The Morgan fingerprint density at radius 3 is 2.71 bits per heavy atom. The molecule has 1 N–H and O–H groups in total. The molecule has 0 bridgehead atoms. The highest BCUT2D eigenvalue weighted by Crippen LogP contribution is 2.36. The molecule has 0 spiro atoms. The van der Waals surface area contributed by atoms with E-state index in [0.29, 0.717) is 5.92 Å². The Bertz CT molecular complexity index is 652. The van der Waals surface area contributed by atoms with Crippen LogP contribution in [0.1, 0.15) is 42.9 Å². The van der Waals surface area contributed by atoms with Gasteiger partial charge < -0.3 is 5.32 Å². The van der Waals surface area contributed by atoms with Gasteiger partial charge in [-0.2, -0.15) is 0 Å². The fourth-order valence-corrected chi connectivity index (χ4v) is 4.01. The first-order chi connectivity index (χ1) is 10.2. The molecule has 2 aromatic rings. The molecule has 0 fully saturated rings. The van der Waals surface area contributed by atoms with Crippen LogP contribution in [0, 0.1) is 0 Å². The van der Waals surface area contributed by atoms with Crippen molar-refractivity contribution in [2.45, 2.75) is 48.9 Å². The van der Waals surface area contributed by atoms with Crippen molar-refractivity contribution in [2.75, 3.05) is 12.4 Å². The highest BCUT2D eigenvalue weighted by Gasteiger charge is 2.16. The number of hydrogen-bond acceptors (Lipinski definition) is 4. The van der Waals surface area contributed by atoms with E-state index in [9.17, 15) is 0 Å². The summed E-state index contributed by atoms with van der Waals surface area (Å²) < 4.78 is 0. The first-order valence-electron chi connectivity index (χ1n) is 7.51. The van der Waals surface area contributed by atoms with Crippen LogP contribution in [0.15, 0.2) is 34.4 Å². The lowest BCUT2D eigenvalue weighted by Gasteiger charge is -2.15. The van der Waals surface area contributed by atoms with E-state index in [1.54, 1.807) is 18.1 Å². The van der Waals surface area contributed by atoms with Crippen LogP contribution < -0.4 is 5.32 Å². The van der Waals surface area contributed by atoms with E-state index < -0.39 is 0 Å². The zero-order valence-corrected chi connectivity index (χ0v) is 13.6. The number of benzene rings is 1. The van der Waals surface area contributed by atoms with Crippen LogP contribution in [0.3, 0.4) is 0 Å². The molecule has 1 heterocycles. The lowest BCUT2D eigenvalue weighted by molar-refractivity contribution is 0.806. The van der Waals surface area contributed by atoms with E-state index in [1.807, 2.05) is 7.05 Å². The molecule has 21 heavy (non-hydrogen) atoms. The molecule has 0 saturated heterocycles. The van der Waals surface area contributed by atoms with E-state index >= 15 is 0 Å². The zero-order valence-electron chi connectivity index (χ0n) is 12.8. The number of nitrogens with zero attached hydrogens (tertiary/aromatic N) is 2. The topological polar surface area (TPSA) is 37.8 Å². The van der Waals surface area contributed by atoms with Crippen LogP contribution in [0.5, 0.6) is 0 Å². The average molecular weight is 299 g/mol. The first kappa shape index (κ1) is 14.4. The van der Waals surface area contributed by atoms with Gasteiger partial charge in [0.15, 0.2) is 0 Å². The molecule has 0 saturated carbocycles. The largest absolute Gasteiger partial charge is 0.373 e. The highest BCUT2D eigenvalue weighted by molar-refractivity contribution is 7.99. The third kappa shape index (κ3) is 2.91. The zero-order chi connectivity index (χ0) is 14.8. The molecule has 110 valence electrons. The van der Waals surface area contributed by atoms with E-state index in [4.69, 9.17) is 0 Å². The third-order valence-electron chi connectivity index (χ3n) is 3.95. The van der Waals surface area contributed by atoms with E-state index in [2.05, 4.69) is 47.3 Å². The minimum Gasteiger partial charge on any atom is -0.373 e. The molecule has 1 aromatic heterocycles. The lowest BCUT2D eigenvalue weighted by atomic mass is 10.1. The molecule has 0 aliphatic heterocycles. The predicted molar refractivity (Wildman–Crippen MR) is 88.3 cm³/mol. The van der Waals surface area contributed by atoms with Crippen LogP contribution in [-0.4, -0.2) is 17.0 Å². The van der Waals surface area contributed by atoms with Crippen molar-refractivity contribution < 1.29 is 0 Å². The van der Waals surface area contributed by atoms with Gasteiger partial charge in [0, 0.05) is 17.5 Å². The monoisotopic (exact) mass is 299 g/mol. The number of fused-ring (bicyclic) bond motifs is 1. The van der Waals surface area contributed by atoms with Gasteiger partial charge in [-0.05, 0) is 48.4 Å². The molecule has 0 atom stereocenters. The normalized spacial score (nSPS) is 13.5. The molecule has 1 aromatic carbocycles. The Morgan fingerprint density at radius 2 is 1.95 bits per heavy atom. The van der Waals surface area contributed by atoms with E-state index in [1.165, 1.54) is 40.8 Å². The van der Waals surface area contributed by atoms with Gasteiger partial charge in [0.2, 0.25) is 0 Å². The Labute approximate surface area is 130 Å². The average Bonchev–Trinajstić information content (AvgIpc) is 2.94. The number of aryl methyl sites for hydroxylation is 2. The summed E-state index contributed by atoms with van der Waals surface area (Å²) in [6.45, 7) is 4.37. The summed E-state index contributed by atoms with van der Waals surface area (Å²) in [4.78, 5) is 10.1. The summed E-state index contributed by atoms with van der Waals surface area (Å²) in [5.74, 6) is 1.33. The second kappa shape index (κ2) is 6.06. The SMILES string of the molecule is CNc1ncnc(Sc2ccc3c(c2)CCC3)c1C(C)C. The molecule has 0 unspecified atom stereocenters. The van der Waals surface area contributed by atoms with Crippen LogP contribution in [0.2, 0.25) is 0 Å². The standard InChI is InChI=1S/C17H21N3S/c1-11(2)15-16(18-3)19-10-20-17(15)21-14-8-7-12-5-4-6-13(12)9-14/h7-11H,4-6H2,1-3H3,(H,18,19,20). The maximum atomic E-state index is 4.51.